The van der Waals surface area contributed by atoms with Crippen LogP contribution in [0.4, 0.5) is 5.69 Å². The summed E-state index contributed by atoms with van der Waals surface area (Å²) in [7, 11) is 1.58. The fourth-order valence-corrected chi connectivity index (χ4v) is 3.56. The average Bonchev–Trinajstić information content (AvgIpc) is 2.90. The van der Waals surface area contributed by atoms with Crippen molar-refractivity contribution in [1.29, 1.82) is 0 Å². The fraction of sp³-hybridized carbons (Fsp3) is 0.278. The summed E-state index contributed by atoms with van der Waals surface area (Å²) in [6, 6.07) is 6.35. The van der Waals surface area contributed by atoms with E-state index in [2.05, 4.69) is 10.3 Å². The molecule has 2 heterocycles. The topological polar surface area (TPSA) is 73.2 Å². The van der Waals surface area contributed by atoms with Gasteiger partial charge in [-0.3, -0.25) is 14.2 Å². The Morgan fingerprint density at radius 2 is 1.96 bits per heavy atom. The van der Waals surface area contributed by atoms with Crippen LogP contribution in [0.2, 0.25) is 0 Å². The van der Waals surface area contributed by atoms with Gasteiger partial charge in [-0.15, -0.1) is 11.3 Å². The van der Waals surface area contributed by atoms with Crippen LogP contribution in [0.15, 0.2) is 35.4 Å². The Morgan fingerprint density at radius 1 is 1.28 bits per heavy atom. The van der Waals surface area contributed by atoms with Crippen LogP contribution in [0, 0.1) is 13.8 Å². The number of thiophene rings is 1. The first-order valence-electron chi connectivity index (χ1n) is 7.84. The van der Waals surface area contributed by atoms with Crippen LogP contribution < -0.4 is 15.6 Å². The molecule has 0 aliphatic heterocycles. The number of nitrogens with zero attached hydrogens (tertiary/aromatic N) is 2. The van der Waals surface area contributed by atoms with E-state index in [1.165, 1.54) is 22.2 Å². The van der Waals surface area contributed by atoms with Gasteiger partial charge in [0.15, 0.2) is 0 Å². The number of amides is 1. The molecule has 1 N–H and O–H groups in total. The number of aryl methyl sites for hydroxylation is 2. The molecule has 0 unspecified atom stereocenters. The van der Waals surface area contributed by atoms with Crippen molar-refractivity contribution in [3.63, 3.8) is 0 Å². The minimum Gasteiger partial charge on any atom is -0.497 e. The van der Waals surface area contributed by atoms with E-state index in [0.29, 0.717) is 21.7 Å². The highest BCUT2D eigenvalue weighted by molar-refractivity contribution is 7.18. The molecule has 0 radical (unpaired) electrons. The number of nitrogens with one attached hydrogen (secondary N) is 1. The number of carbonyl (C=O) groups excluding carboxylic acids is 1. The summed E-state index contributed by atoms with van der Waals surface area (Å²) in [6.07, 6.45) is 1.44. The maximum absolute atomic E-state index is 12.8. The Hall–Kier alpha value is -2.67. The summed E-state index contributed by atoms with van der Waals surface area (Å²) in [4.78, 5) is 31.4. The molecule has 6 nitrogen and oxygen atoms in total. The van der Waals surface area contributed by atoms with Gasteiger partial charge in [0.2, 0.25) is 5.91 Å². The van der Waals surface area contributed by atoms with Crippen molar-refractivity contribution in [1.82, 2.24) is 9.55 Å². The van der Waals surface area contributed by atoms with Crippen molar-refractivity contribution in [3.05, 3.63) is 51.4 Å². The molecular weight excluding hydrogens is 338 g/mol. The van der Waals surface area contributed by atoms with E-state index in [-0.39, 0.29) is 11.5 Å². The monoisotopic (exact) mass is 357 g/mol. The highest BCUT2D eigenvalue weighted by Gasteiger charge is 2.20. The SMILES string of the molecule is COc1ccc(NC(=O)[C@@H](C)n2cnc3sc(C)c(C)c3c2=O)cc1. The molecule has 25 heavy (non-hydrogen) atoms. The molecule has 130 valence electrons. The number of rotatable bonds is 4. The molecule has 1 aromatic carbocycles. The molecule has 0 aliphatic rings. The number of carbonyl (C=O) groups is 1. The van der Waals surface area contributed by atoms with E-state index in [4.69, 9.17) is 4.74 Å². The molecule has 1 atom stereocenters. The van der Waals surface area contributed by atoms with Gasteiger partial charge in [-0.1, -0.05) is 0 Å². The van der Waals surface area contributed by atoms with Crippen molar-refractivity contribution in [2.75, 3.05) is 12.4 Å². The third kappa shape index (κ3) is 3.15. The molecule has 0 saturated heterocycles. The highest BCUT2D eigenvalue weighted by atomic mass is 32.1. The number of hydrogen-bond acceptors (Lipinski definition) is 5. The first-order valence-corrected chi connectivity index (χ1v) is 8.65. The molecule has 3 rings (SSSR count). The van der Waals surface area contributed by atoms with Crippen LogP contribution in [0.3, 0.4) is 0 Å². The van der Waals surface area contributed by atoms with Crippen LogP contribution >= 0.6 is 11.3 Å². The summed E-state index contributed by atoms with van der Waals surface area (Å²) in [5.41, 5.74) is 1.38. The van der Waals surface area contributed by atoms with Crippen molar-refractivity contribution in [3.8, 4) is 5.75 Å². The zero-order valence-electron chi connectivity index (χ0n) is 14.5. The van der Waals surface area contributed by atoms with Gasteiger partial charge in [0.25, 0.3) is 5.56 Å². The minimum absolute atomic E-state index is 0.191. The van der Waals surface area contributed by atoms with Crippen LogP contribution in [-0.4, -0.2) is 22.6 Å². The largest absolute Gasteiger partial charge is 0.497 e. The summed E-state index contributed by atoms with van der Waals surface area (Å²) >= 11 is 1.49. The quantitative estimate of drug-likeness (QED) is 0.778. The molecule has 1 amide bonds. The molecule has 0 spiro atoms. The van der Waals surface area contributed by atoms with Crippen molar-refractivity contribution < 1.29 is 9.53 Å². The van der Waals surface area contributed by atoms with Gasteiger partial charge in [0.1, 0.15) is 16.6 Å². The third-order valence-electron chi connectivity index (χ3n) is 4.27. The van der Waals surface area contributed by atoms with Crippen molar-refractivity contribution in [2.45, 2.75) is 26.8 Å². The van der Waals surface area contributed by atoms with Gasteiger partial charge in [-0.25, -0.2) is 4.98 Å². The summed E-state index contributed by atoms with van der Waals surface area (Å²) in [5, 5.41) is 3.40. The van der Waals surface area contributed by atoms with E-state index in [1.807, 2.05) is 13.8 Å². The van der Waals surface area contributed by atoms with Crippen LogP contribution in [0.5, 0.6) is 5.75 Å². The van der Waals surface area contributed by atoms with E-state index < -0.39 is 6.04 Å². The van der Waals surface area contributed by atoms with Crippen LogP contribution in [-0.2, 0) is 4.79 Å². The molecule has 7 heteroatoms. The second kappa shape index (κ2) is 6.68. The molecule has 0 aliphatic carbocycles. The molecule has 0 fully saturated rings. The fourth-order valence-electron chi connectivity index (χ4n) is 2.57. The normalized spacial score (nSPS) is 12.2. The lowest BCUT2D eigenvalue weighted by molar-refractivity contribution is -0.118. The third-order valence-corrected chi connectivity index (χ3v) is 5.38. The number of methoxy groups -OCH3 is 1. The van der Waals surface area contributed by atoms with Crippen LogP contribution in [0.1, 0.15) is 23.4 Å². The van der Waals surface area contributed by atoms with Gasteiger partial charge in [0.05, 0.1) is 18.8 Å². The Balaban J connectivity index is 1.89. The van der Waals surface area contributed by atoms with E-state index in [0.717, 1.165) is 10.4 Å². The standard InChI is InChI=1S/C18H19N3O3S/c1-10-12(3)25-17-15(10)18(23)21(9-19-17)11(2)16(22)20-13-5-7-14(24-4)8-6-13/h5-9,11H,1-4H3,(H,20,22)/t11-/m1/s1. The van der Waals surface area contributed by atoms with Crippen molar-refractivity contribution in [2.24, 2.45) is 0 Å². The molecule has 0 saturated carbocycles. The number of hydrogen-bond donors (Lipinski definition) is 1. The van der Waals surface area contributed by atoms with Gasteiger partial charge in [-0.05, 0) is 50.6 Å². The summed E-state index contributed by atoms with van der Waals surface area (Å²) < 4.78 is 6.47. The van der Waals surface area contributed by atoms with Gasteiger partial charge < -0.3 is 10.1 Å². The lowest BCUT2D eigenvalue weighted by Crippen LogP contribution is -2.31. The summed E-state index contributed by atoms with van der Waals surface area (Å²) in [5.74, 6) is 0.429. The Labute approximate surface area is 149 Å². The molecular formula is C18H19N3O3S. The Bertz CT molecular complexity index is 989. The van der Waals surface area contributed by atoms with Crippen molar-refractivity contribution >= 4 is 33.1 Å². The molecule has 2 aromatic heterocycles. The number of fused-ring (bicyclic) bond motifs is 1. The summed E-state index contributed by atoms with van der Waals surface area (Å²) in [6.45, 7) is 5.55. The number of benzene rings is 1. The number of anilines is 1. The lowest BCUT2D eigenvalue weighted by Gasteiger charge is -2.15. The first kappa shape index (κ1) is 17.2. The molecule has 3 aromatic rings. The van der Waals surface area contributed by atoms with Gasteiger partial charge >= 0.3 is 0 Å². The number of ether oxygens (including phenoxy) is 1. The second-order valence-corrected chi connectivity index (χ2v) is 7.02. The zero-order valence-corrected chi connectivity index (χ0v) is 15.3. The van der Waals surface area contributed by atoms with E-state index >= 15 is 0 Å². The lowest BCUT2D eigenvalue weighted by atomic mass is 10.2. The second-order valence-electron chi connectivity index (χ2n) is 5.81. The van der Waals surface area contributed by atoms with E-state index in [1.54, 1.807) is 38.3 Å². The predicted molar refractivity (Wildman–Crippen MR) is 99.7 cm³/mol. The minimum atomic E-state index is -0.675. The maximum Gasteiger partial charge on any atom is 0.263 e. The molecule has 0 bridgehead atoms. The van der Waals surface area contributed by atoms with Crippen LogP contribution in [0.25, 0.3) is 10.2 Å². The highest BCUT2D eigenvalue weighted by Crippen LogP contribution is 2.26. The smallest absolute Gasteiger partial charge is 0.263 e. The van der Waals surface area contributed by atoms with E-state index in [9.17, 15) is 9.59 Å². The Morgan fingerprint density at radius 3 is 2.60 bits per heavy atom. The first-order chi connectivity index (χ1) is 11.9. The zero-order chi connectivity index (χ0) is 18.1. The average molecular weight is 357 g/mol. The predicted octanol–water partition coefficient (Wildman–Crippen LogP) is 3.28. The Kier molecular flexibility index (Phi) is 4.59. The van der Waals surface area contributed by atoms with Gasteiger partial charge in [-0.2, -0.15) is 0 Å². The van der Waals surface area contributed by atoms with Gasteiger partial charge in [0, 0.05) is 10.6 Å². The maximum atomic E-state index is 12.8. The number of aromatic nitrogens is 2.